The van der Waals surface area contributed by atoms with E-state index in [1.165, 1.54) is 0 Å². The minimum Gasteiger partial charge on any atom is -0.298 e. The first-order valence-electron chi connectivity index (χ1n) is 4.87. The molecule has 0 aliphatic rings. The molecule has 0 aromatic heterocycles. The van der Waals surface area contributed by atoms with Crippen molar-refractivity contribution in [2.45, 2.75) is 24.1 Å². The zero-order valence-corrected chi connectivity index (χ0v) is 10.9. The van der Waals surface area contributed by atoms with Gasteiger partial charge in [0.25, 0.3) is 0 Å². The average Bonchev–Trinajstić information content (AvgIpc) is 2.24. The van der Waals surface area contributed by atoms with Crippen molar-refractivity contribution < 1.29 is 31.1 Å². The van der Waals surface area contributed by atoms with Gasteiger partial charge in [-0.15, -0.1) is 0 Å². The van der Waals surface area contributed by atoms with Crippen molar-refractivity contribution in [3.05, 3.63) is 34.9 Å². The summed E-state index contributed by atoms with van der Waals surface area (Å²) >= 11 is 2.83. The van der Waals surface area contributed by atoms with Gasteiger partial charge in [0, 0.05) is 0 Å². The highest BCUT2D eigenvalue weighted by Crippen LogP contribution is 2.41. The second-order valence-corrected chi connectivity index (χ2v) is 4.69. The number of rotatable bonds is 2. The lowest BCUT2D eigenvalue weighted by Gasteiger charge is -2.17. The molecule has 0 spiro atoms. The summed E-state index contributed by atoms with van der Waals surface area (Å²) < 4.78 is 75.3. The van der Waals surface area contributed by atoms with Crippen LogP contribution in [0.15, 0.2) is 18.2 Å². The SMILES string of the molecule is CC(=O)C(Br)c1ccc(C(F)(F)F)c(C(F)(F)F)c1. The topological polar surface area (TPSA) is 17.1 Å². The van der Waals surface area contributed by atoms with Crippen LogP contribution in [0.3, 0.4) is 0 Å². The van der Waals surface area contributed by atoms with Gasteiger partial charge < -0.3 is 0 Å². The summed E-state index contributed by atoms with van der Waals surface area (Å²) in [6, 6.07) is 1.51. The Kier molecular flexibility index (Phi) is 4.33. The molecule has 1 atom stereocenters. The molecule has 1 unspecified atom stereocenters. The molecule has 0 radical (unpaired) electrons. The molecule has 0 fully saturated rings. The highest BCUT2D eigenvalue weighted by Gasteiger charge is 2.43. The third-order valence-electron chi connectivity index (χ3n) is 2.30. The zero-order chi connectivity index (χ0) is 15.0. The second-order valence-electron chi connectivity index (χ2n) is 3.77. The predicted octanol–water partition coefficient (Wildman–Crippen LogP) is 4.75. The summed E-state index contributed by atoms with van der Waals surface area (Å²) in [7, 11) is 0. The predicted molar refractivity (Wildman–Crippen MR) is 58.8 cm³/mol. The third-order valence-corrected chi connectivity index (χ3v) is 3.48. The van der Waals surface area contributed by atoms with Crippen molar-refractivity contribution in [2.75, 3.05) is 0 Å². The summed E-state index contributed by atoms with van der Waals surface area (Å²) in [6.07, 6.45) is -10.3. The molecule has 8 heteroatoms. The van der Waals surface area contributed by atoms with E-state index in [9.17, 15) is 31.1 Å². The van der Waals surface area contributed by atoms with Gasteiger partial charge in [-0.25, -0.2) is 0 Å². The minimum absolute atomic E-state index is 0.173. The van der Waals surface area contributed by atoms with Gasteiger partial charge in [-0.2, -0.15) is 26.3 Å². The third kappa shape index (κ3) is 3.71. The normalized spacial score (nSPS) is 14.3. The van der Waals surface area contributed by atoms with Crippen LogP contribution in [0.25, 0.3) is 0 Å². The van der Waals surface area contributed by atoms with Crippen LogP contribution in [0.2, 0.25) is 0 Å². The molecule has 1 aromatic rings. The molecule has 0 heterocycles. The van der Waals surface area contributed by atoms with E-state index in [0.717, 1.165) is 13.0 Å². The molecule has 1 nitrogen and oxygen atoms in total. The molecule has 1 aromatic carbocycles. The lowest BCUT2D eigenvalue weighted by molar-refractivity contribution is -0.162. The quantitative estimate of drug-likeness (QED) is 0.556. The largest absolute Gasteiger partial charge is 0.417 e. The Balaban J connectivity index is 3.44. The Morgan fingerprint density at radius 2 is 1.53 bits per heavy atom. The van der Waals surface area contributed by atoms with Crippen LogP contribution < -0.4 is 0 Å². The molecule has 0 aliphatic carbocycles. The molecule has 0 saturated heterocycles. The van der Waals surface area contributed by atoms with E-state index in [1.807, 2.05) is 0 Å². The monoisotopic (exact) mass is 348 g/mol. The fourth-order valence-corrected chi connectivity index (χ4v) is 1.72. The van der Waals surface area contributed by atoms with Gasteiger partial charge in [-0.1, -0.05) is 22.0 Å². The van der Waals surface area contributed by atoms with Gasteiger partial charge in [0.1, 0.15) is 5.78 Å². The Morgan fingerprint density at radius 1 is 1.05 bits per heavy atom. The number of hydrogen-bond acceptors (Lipinski definition) is 1. The van der Waals surface area contributed by atoms with Crippen molar-refractivity contribution in [3.8, 4) is 0 Å². The maximum Gasteiger partial charge on any atom is 0.417 e. The number of halogens is 7. The summed E-state index contributed by atoms with van der Waals surface area (Å²) in [5.74, 6) is -0.507. The van der Waals surface area contributed by atoms with Gasteiger partial charge in [0.05, 0.1) is 16.0 Å². The van der Waals surface area contributed by atoms with E-state index in [2.05, 4.69) is 15.9 Å². The number of Topliss-reactive ketones (excluding diaryl/α,β-unsaturated/α-hetero) is 1. The highest BCUT2D eigenvalue weighted by atomic mass is 79.9. The van der Waals surface area contributed by atoms with Crippen molar-refractivity contribution in [2.24, 2.45) is 0 Å². The summed E-state index contributed by atoms with van der Waals surface area (Å²) in [4.78, 5) is 9.96. The first-order chi connectivity index (χ1) is 8.44. The second kappa shape index (κ2) is 5.15. The lowest BCUT2D eigenvalue weighted by atomic mass is 10.00. The number of hydrogen-bond donors (Lipinski definition) is 0. The van der Waals surface area contributed by atoms with Gasteiger partial charge in [0.2, 0.25) is 0 Å². The lowest BCUT2D eigenvalue weighted by Crippen LogP contribution is -2.17. The molecule has 0 N–H and O–H groups in total. The summed E-state index contributed by atoms with van der Waals surface area (Å²) in [6.45, 7) is 1.12. The fraction of sp³-hybridized carbons (Fsp3) is 0.364. The summed E-state index contributed by atoms with van der Waals surface area (Å²) in [5.41, 5.74) is -3.75. The highest BCUT2D eigenvalue weighted by molar-refractivity contribution is 9.09. The Bertz CT molecular complexity index is 491. The van der Waals surface area contributed by atoms with Gasteiger partial charge in [-0.3, -0.25) is 4.79 Å². The number of carbonyl (C=O) groups is 1. The van der Waals surface area contributed by atoms with Crippen LogP contribution in [0.5, 0.6) is 0 Å². The van der Waals surface area contributed by atoms with E-state index in [-0.39, 0.29) is 5.56 Å². The maximum atomic E-state index is 12.6. The van der Waals surface area contributed by atoms with Crippen LogP contribution >= 0.6 is 15.9 Å². The van der Waals surface area contributed by atoms with Crippen LogP contribution in [0.1, 0.15) is 28.4 Å². The van der Waals surface area contributed by atoms with Gasteiger partial charge >= 0.3 is 12.4 Å². The van der Waals surface area contributed by atoms with Crippen molar-refractivity contribution in [1.29, 1.82) is 0 Å². The molecule has 106 valence electrons. The van der Waals surface area contributed by atoms with E-state index >= 15 is 0 Å². The molecule has 0 bridgehead atoms. The van der Waals surface area contributed by atoms with Crippen LogP contribution in [-0.4, -0.2) is 5.78 Å². The van der Waals surface area contributed by atoms with Crippen molar-refractivity contribution >= 4 is 21.7 Å². The van der Waals surface area contributed by atoms with E-state index in [1.54, 1.807) is 0 Å². The Hall–Kier alpha value is -1.05. The van der Waals surface area contributed by atoms with Crippen molar-refractivity contribution in [3.63, 3.8) is 0 Å². The molecular weight excluding hydrogens is 342 g/mol. The molecule has 19 heavy (non-hydrogen) atoms. The number of carbonyl (C=O) groups excluding carboxylic acids is 1. The zero-order valence-electron chi connectivity index (χ0n) is 9.36. The van der Waals surface area contributed by atoms with Crippen LogP contribution in [0, 0.1) is 0 Å². The molecule has 0 aliphatic heterocycles. The maximum absolute atomic E-state index is 12.6. The minimum atomic E-state index is -5.15. The fourth-order valence-electron chi connectivity index (χ4n) is 1.44. The first kappa shape index (κ1) is 16.0. The number of ketones is 1. The van der Waals surface area contributed by atoms with E-state index in [0.29, 0.717) is 12.1 Å². The molecule has 1 rings (SSSR count). The average molecular weight is 349 g/mol. The van der Waals surface area contributed by atoms with Gasteiger partial charge in [0.15, 0.2) is 0 Å². The Labute approximate surface area is 112 Å². The Morgan fingerprint density at radius 3 is 1.89 bits per heavy atom. The smallest absolute Gasteiger partial charge is 0.298 e. The molecular formula is C11H7BrF6O. The van der Waals surface area contributed by atoms with E-state index < -0.39 is 34.1 Å². The number of alkyl halides is 7. The standard InChI is InChI=1S/C11H7BrF6O/c1-5(19)9(12)6-2-3-7(10(13,14)15)8(4-6)11(16,17)18/h2-4,9H,1H3. The number of benzene rings is 1. The molecule has 0 amide bonds. The van der Waals surface area contributed by atoms with Crippen molar-refractivity contribution in [1.82, 2.24) is 0 Å². The van der Waals surface area contributed by atoms with Crippen LogP contribution in [-0.2, 0) is 17.1 Å². The summed E-state index contributed by atoms with van der Waals surface area (Å²) in [5, 5.41) is 0. The molecule has 0 saturated carbocycles. The van der Waals surface area contributed by atoms with E-state index in [4.69, 9.17) is 0 Å². The first-order valence-corrected chi connectivity index (χ1v) is 5.79. The van der Waals surface area contributed by atoms with Crippen LogP contribution in [0.4, 0.5) is 26.3 Å². The van der Waals surface area contributed by atoms with Gasteiger partial charge in [-0.05, 0) is 24.6 Å².